The fourth-order valence-corrected chi connectivity index (χ4v) is 1.95. The molecule has 1 aromatic carbocycles. The molecule has 1 aliphatic rings. The standard InChI is InChI=1S/C10H11IO/c1-7-4-8(11)6-10(5-7)12-9-2-3-9/h4-6,9H,2-3H2,1H3. The molecule has 1 saturated carbocycles. The van der Waals surface area contributed by atoms with E-state index in [-0.39, 0.29) is 0 Å². The van der Waals surface area contributed by atoms with Gasteiger partial charge >= 0.3 is 0 Å². The molecule has 2 heteroatoms. The number of benzene rings is 1. The zero-order valence-corrected chi connectivity index (χ0v) is 9.17. The second-order valence-corrected chi connectivity index (χ2v) is 4.53. The fourth-order valence-electron chi connectivity index (χ4n) is 1.15. The van der Waals surface area contributed by atoms with Gasteiger partial charge in [-0.1, -0.05) is 0 Å². The van der Waals surface area contributed by atoms with Crippen LogP contribution in [0.25, 0.3) is 0 Å². The average Bonchev–Trinajstić information content (AvgIpc) is 2.68. The van der Waals surface area contributed by atoms with E-state index in [0.717, 1.165) is 5.75 Å². The van der Waals surface area contributed by atoms with E-state index in [2.05, 4.69) is 47.7 Å². The minimum Gasteiger partial charge on any atom is -0.490 e. The van der Waals surface area contributed by atoms with Crippen molar-refractivity contribution in [1.82, 2.24) is 0 Å². The van der Waals surface area contributed by atoms with Crippen LogP contribution in [0.4, 0.5) is 0 Å². The second kappa shape index (κ2) is 3.24. The first kappa shape index (κ1) is 8.35. The topological polar surface area (TPSA) is 9.23 Å². The minimum atomic E-state index is 0.502. The summed E-state index contributed by atoms with van der Waals surface area (Å²) < 4.78 is 6.94. The van der Waals surface area contributed by atoms with E-state index in [9.17, 15) is 0 Å². The molecular weight excluding hydrogens is 263 g/mol. The van der Waals surface area contributed by atoms with Crippen LogP contribution in [0.15, 0.2) is 18.2 Å². The van der Waals surface area contributed by atoms with Gasteiger partial charge in [-0.2, -0.15) is 0 Å². The van der Waals surface area contributed by atoms with E-state index in [1.165, 1.54) is 22.0 Å². The van der Waals surface area contributed by atoms with Gasteiger partial charge in [-0.05, 0) is 66.1 Å². The highest BCUT2D eigenvalue weighted by molar-refractivity contribution is 14.1. The highest BCUT2D eigenvalue weighted by atomic mass is 127. The molecule has 0 aliphatic heterocycles. The van der Waals surface area contributed by atoms with Crippen molar-refractivity contribution in [3.63, 3.8) is 0 Å². The summed E-state index contributed by atoms with van der Waals surface area (Å²) in [7, 11) is 0. The maximum atomic E-state index is 5.68. The van der Waals surface area contributed by atoms with E-state index in [0.29, 0.717) is 6.10 Å². The predicted molar refractivity (Wildman–Crippen MR) is 57.5 cm³/mol. The number of aryl methyl sites for hydroxylation is 1. The third-order valence-electron chi connectivity index (χ3n) is 1.84. The van der Waals surface area contributed by atoms with Gasteiger partial charge in [0.05, 0.1) is 6.10 Å². The quantitative estimate of drug-likeness (QED) is 0.753. The summed E-state index contributed by atoms with van der Waals surface area (Å²) >= 11 is 2.32. The van der Waals surface area contributed by atoms with Gasteiger partial charge in [-0.25, -0.2) is 0 Å². The van der Waals surface area contributed by atoms with Gasteiger partial charge in [0.2, 0.25) is 0 Å². The summed E-state index contributed by atoms with van der Waals surface area (Å²) in [6, 6.07) is 6.34. The third-order valence-corrected chi connectivity index (χ3v) is 2.47. The second-order valence-electron chi connectivity index (χ2n) is 3.28. The van der Waals surface area contributed by atoms with Crippen LogP contribution in [-0.4, -0.2) is 6.10 Å². The van der Waals surface area contributed by atoms with E-state index in [4.69, 9.17) is 4.74 Å². The van der Waals surface area contributed by atoms with Crippen LogP contribution in [-0.2, 0) is 0 Å². The Morgan fingerprint density at radius 1 is 1.33 bits per heavy atom. The number of hydrogen-bond acceptors (Lipinski definition) is 1. The maximum Gasteiger partial charge on any atom is 0.121 e. The molecule has 0 spiro atoms. The first-order chi connectivity index (χ1) is 5.74. The lowest BCUT2D eigenvalue weighted by molar-refractivity contribution is 0.303. The molecule has 0 amide bonds. The minimum absolute atomic E-state index is 0.502. The van der Waals surface area contributed by atoms with Gasteiger partial charge in [0.25, 0.3) is 0 Å². The van der Waals surface area contributed by atoms with Crippen LogP contribution in [0, 0.1) is 10.5 Å². The number of rotatable bonds is 2. The summed E-state index contributed by atoms with van der Waals surface area (Å²) in [5, 5.41) is 0. The molecule has 64 valence electrons. The summed E-state index contributed by atoms with van der Waals surface area (Å²) in [5.41, 5.74) is 1.28. The molecule has 1 aliphatic carbocycles. The maximum absolute atomic E-state index is 5.68. The Bertz CT molecular complexity index is 272. The normalized spacial score (nSPS) is 16.2. The molecule has 12 heavy (non-hydrogen) atoms. The van der Waals surface area contributed by atoms with Gasteiger partial charge in [0.1, 0.15) is 5.75 Å². The zero-order chi connectivity index (χ0) is 8.55. The molecule has 0 saturated heterocycles. The SMILES string of the molecule is Cc1cc(I)cc(OC2CC2)c1. The summed E-state index contributed by atoms with van der Waals surface area (Å²) in [6.45, 7) is 2.10. The molecule has 0 unspecified atom stereocenters. The van der Waals surface area contributed by atoms with Crippen molar-refractivity contribution in [3.05, 3.63) is 27.3 Å². The molecule has 0 aromatic heterocycles. The number of hydrogen-bond donors (Lipinski definition) is 0. The van der Waals surface area contributed by atoms with Crippen LogP contribution in [0.5, 0.6) is 5.75 Å². The first-order valence-electron chi connectivity index (χ1n) is 4.18. The molecular formula is C10H11IO. The van der Waals surface area contributed by atoms with Gasteiger partial charge in [0, 0.05) is 3.57 Å². The van der Waals surface area contributed by atoms with E-state index in [1.54, 1.807) is 0 Å². The molecule has 1 nitrogen and oxygen atoms in total. The van der Waals surface area contributed by atoms with E-state index >= 15 is 0 Å². The lowest BCUT2D eigenvalue weighted by Gasteiger charge is -2.05. The molecule has 0 bridgehead atoms. The van der Waals surface area contributed by atoms with Crippen LogP contribution < -0.4 is 4.74 Å². The molecule has 0 N–H and O–H groups in total. The monoisotopic (exact) mass is 274 g/mol. The van der Waals surface area contributed by atoms with E-state index < -0.39 is 0 Å². The van der Waals surface area contributed by atoms with E-state index in [1.807, 2.05) is 0 Å². The van der Waals surface area contributed by atoms with Gasteiger partial charge in [-0.3, -0.25) is 0 Å². The Morgan fingerprint density at radius 3 is 2.67 bits per heavy atom. The number of ether oxygens (including phenoxy) is 1. The predicted octanol–water partition coefficient (Wildman–Crippen LogP) is 3.14. The third kappa shape index (κ3) is 2.12. The molecule has 0 atom stereocenters. The van der Waals surface area contributed by atoms with Gasteiger partial charge in [-0.15, -0.1) is 0 Å². The Morgan fingerprint density at radius 2 is 2.08 bits per heavy atom. The Balaban J connectivity index is 2.18. The van der Waals surface area contributed by atoms with Crippen LogP contribution in [0.3, 0.4) is 0 Å². The van der Waals surface area contributed by atoms with Gasteiger partial charge in [0.15, 0.2) is 0 Å². The summed E-state index contributed by atoms with van der Waals surface area (Å²) in [4.78, 5) is 0. The Labute approximate surface area is 86.3 Å². The Hall–Kier alpha value is -0.250. The van der Waals surface area contributed by atoms with Crippen molar-refractivity contribution in [2.24, 2.45) is 0 Å². The highest BCUT2D eigenvalue weighted by Crippen LogP contribution is 2.28. The van der Waals surface area contributed by atoms with Crippen molar-refractivity contribution < 1.29 is 4.74 Å². The number of halogens is 1. The smallest absolute Gasteiger partial charge is 0.121 e. The molecule has 0 heterocycles. The van der Waals surface area contributed by atoms with Crippen LogP contribution in [0.1, 0.15) is 18.4 Å². The Kier molecular flexibility index (Phi) is 2.26. The fraction of sp³-hybridized carbons (Fsp3) is 0.400. The molecule has 1 fully saturated rings. The summed E-state index contributed by atoms with van der Waals surface area (Å²) in [5.74, 6) is 1.03. The van der Waals surface area contributed by atoms with Crippen molar-refractivity contribution in [3.8, 4) is 5.75 Å². The molecule has 1 aromatic rings. The van der Waals surface area contributed by atoms with Crippen LogP contribution >= 0.6 is 22.6 Å². The van der Waals surface area contributed by atoms with Crippen molar-refractivity contribution in [2.45, 2.75) is 25.9 Å². The summed E-state index contributed by atoms with van der Waals surface area (Å²) in [6.07, 6.45) is 2.96. The van der Waals surface area contributed by atoms with Crippen LogP contribution in [0.2, 0.25) is 0 Å². The average molecular weight is 274 g/mol. The van der Waals surface area contributed by atoms with Crippen molar-refractivity contribution in [2.75, 3.05) is 0 Å². The van der Waals surface area contributed by atoms with Crippen molar-refractivity contribution >= 4 is 22.6 Å². The largest absolute Gasteiger partial charge is 0.490 e. The zero-order valence-electron chi connectivity index (χ0n) is 7.01. The molecule has 2 rings (SSSR count). The highest BCUT2D eigenvalue weighted by Gasteiger charge is 2.23. The first-order valence-corrected chi connectivity index (χ1v) is 5.26. The lowest BCUT2D eigenvalue weighted by atomic mass is 10.2. The molecule has 0 radical (unpaired) electrons. The van der Waals surface area contributed by atoms with Gasteiger partial charge < -0.3 is 4.74 Å². The van der Waals surface area contributed by atoms with Crippen molar-refractivity contribution in [1.29, 1.82) is 0 Å². The lowest BCUT2D eigenvalue weighted by Crippen LogP contribution is -1.96.